The quantitative estimate of drug-likeness (QED) is 0.381. The van der Waals surface area contributed by atoms with Gasteiger partial charge in [-0.15, -0.1) is 6.61 Å². The zero-order valence-corrected chi connectivity index (χ0v) is 2.85. The zero-order valence-electron chi connectivity index (χ0n) is 2.85. The van der Waals surface area contributed by atoms with Gasteiger partial charge in [-0.3, -0.25) is 0 Å². The maximum Gasteiger partial charge on any atom is -0.0163 e. The molecular formula is C4H5O-. The lowest BCUT2D eigenvalue weighted by molar-refractivity contribution is 0.269. The van der Waals surface area contributed by atoms with Gasteiger partial charge in [0.1, 0.15) is 0 Å². The topological polar surface area (TPSA) is 9.23 Å². The summed E-state index contributed by atoms with van der Waals surface area (Å²) in [5.41, 5.74) is 0. The smallest absolute Gasteiger partial charge is 0.0163 e. The van der Waals surface area contributed by atoms with Crippen molar-refractivity contribution < 1.29 is 4.74 Å². The van der Waals surface area contributed by atoms with E-state index in [2.05, 4.69) is 0 Å². The van der Waals surface area contributed by atoms with Crippen LogP contribution in [-0.4, -0.2) is 6.61 Å². The Kier molecular flexibility index (Phi) is 0.630. The van der Waals surface area contributed by atoms with E-state index in [-0.39, 0.29) is 0 Å². The summed E-state index contributed by atoms with van der Waals surface area (Å²) in [4.78, 5) is 0. The van der Waals surface area contributed by atoms with Crippen molar-refractivity contribution in [1.82, 2.24) is 0 Å². The van der Waals surface area contributed by atoms with E-state index in [4.69, 9.17) is 4.74 Å². The van der Waals surface area contributed by atoms with Crippen LogP contribution < -0.4 is 0 Å². The third kappa shape index (κ3) is 0.421. The first-order valence-electron chi connectivity index (χ1n) is 1.60. The van der Waals surface area contributed by atoms with Crippen molar-refractivity contribution in [3.8, 4) is 0 Å². The molecule has 0 amide bonds. The van der Waals surface area contributed by atoms with E-state index in [1.54, 1.807) is 6.61 Å². The van der Waals surface area contributed by atoms with E-state index >= 15 is 0 Å². The number of hydrogen-bond acceptors (Lipinski definition) is 1. The standard InChI is InChI=1S/C4H5O/c1-2-4-5-3-1/h1-3H,4H2/q-1. The molecule has 0 atom stereocenters. The molecule has 0 unspecified atom stereocenters. The molecule has 0 saturated heterocycles. The summed E-state index contributed by atoms with van der Waals surface area (Å²) in [7, 11) is 0. The molecule has 0 bridgehead atoms. The van der Waals surface area contributed by atoms with Gasteiger partial charge < -0.3 is 4.74 Å². The van der Waals surface area contributed by atoms with E-state index in [9.17, 15) is 0 Å². The summed E-state index contributed by atoms with van der Waals surface area (Å²) in [6.07, 6.45) is 3.85. The van der Waals surface area contributed by atoms with Gasteiger partial charge in [-0.2, -0.15) is 0 Å². The summed E-state index contributed by atoms with van der Waals surface area (Å²) in [6.45, 7) is 2.44. The second-order valence-corrected chi connectivity index (χ2v) is 0.898. The van der Waals surface area contributed by atoms with Gasteiger partial charge in [0.25, 0.3) is 0 Å². The lowest BCUT2D eigenvalue weighted by Gasteiger charge is -1.88. The first-order chi connectivity index (χ1) is 2.50. The third-order valence-electron chi connectivity index (χ3n) is 0.503. The van der Waals surface area contributed by atoms with E-state index in [0.717, 1.165) is 6.61 Å². The molecule has 0 N–H and O–H groups in total. The highest BCUT2D eigenvalue weighted by Crippen LogP contribution is 1.91. The molecule has 0 aliphatic carbocycles. The monoisotopic (exact) mass is 69.0 g/mol. The molecule has 1 heterocycles. The minimum absolute atomic E-state index is 0.764. The predicted molar refractivity (Wildman–Crippen MR) is 19.4 cm³/mol. The van der Waals surface area contributed by atoms with Crippen molar-refractivity contribution in [2.24, 2.45) is 0 Å². The number of ether oxygens (including phenoxy) is 1. The summed E-state index contributed by atoms with van der Waals surface area (Å²) in [5, 5.41) is 0. The molecule has 0 aromatic heterocycles. The Bertz CT molecular complexity index is 41.6. The van der Waals surface area contributed by atoms with Gasteiger partial charge in [-0.05, 0) is 6.61 Å². The van der Waals surface area contributed by atoms with Crippen LogP contribution >= 0.6 is 0 Å². The maximum atomic E-state index is 4.71. The van der Waals surface area contributed by atoms with E-state index < -0.39 is 0 Å². The second-order valence-electron chi connectivity index (χ2n) is 0.898. The van der Waals surface area contributed by atoms with Crippen LogP contribution in [0, 0.1) is 6.61 Å². The van der Waals surface area contributed by atoms with Crippen molar-refractivity contribution in [1.29, 1.82) is 0 Å². The Morgan fingerprint density at radius 1 is 1.80 bits per heavy atom. The first kappa shape index (κ1) is 2.79. The molecule has 0 saturated carbocycles. The Morgan fingerprint density at radius 3 is 3.00 bits per heavy atom. The van der Waals surface area contributed by atoms with Crippen LogP contribution in [0.4, 0.5) is 0 Å². The number of hydrogen-bond donors (Lipinski definition) is 0. The normalized spacial score (nSPS) is 19.2. The molecule has 0 spiro atoms. The van der Waals surface area contributed by atoms with Gasteiger partial charge in [-0.1, -0.05) is 0 Å². The van der Waals surface area contributed by atoms with Crippen LogP contribution in [-0.2, 0) is 4.74 Å². The molecule has 1 aliphatic rings. The molecule has 1 nitrogen and oxygen atoms in total. The Morgan fingerprint density at radius 2 is 2.80 bits per heavy atom. The summed E-state index contributed by atoms with van der Waals surface area (Å²) >= 11 is 0. The van der Waals surface area contributed by atoms with Crippen LogP contribution in [0.2, 0.25) is 0 Å². The lowest BCUT2D eigenvalue weighted by Crippen LogP contribution is -1.70. The molecule has 28 valence electrons. The Balaban J connectivity index is 2.32. The Hall–Kier alpha value is -0.430. The highest BCUT2D eigenvalue weighted by molar-refractivity contribution is 4.94. The maximum absolute atomic E-state index is 4.71. The molecule has 0 aromatic rings. The highest BCUT2D eigenvalue weighted by Gasteiger charge is 1.70. The fourth-order valence-electron chi connectivity index (χ4n) is 0.278. The van der Waals surface area contributed by atoms with Crippen LogP contribution in [0.3, 0.4) is 0 Å². The molecular weight excluding hydrogens is 64.0 g/mol. The van der Waals surface area contributed by atoms with Crippen LogP contribution in [0.5, 0.6) is 0 Å². The fourth-order valence-corrected chi connectivity index (χ4v) is 0.278. The Labute approximate surface area is 31.3 Å². The van der Waals surface area contributed by atoms with Gasteiger partial charge in [-0.25, -0.2) is 12.2 Å². The van der Waals surface area contributed by atoms with Gasteiger partial charge in [0, 0.05) is 0 Å². The third-order valence-corrected chi connectivity index (χ3v) is 0.503. The molecule has 0 aromatic carbocycles. The average Bonchev–Trinajstić information content (AvgIpc) is 1.76. The zero-order chi connectivity index (χ0) is 3.54. The van der Waals surface area contributed by atoms with Crippen molar-refractivity contribution in [3.05, 3.63) is 18.8 Å². The van der Waals surface area contributed by atoms with E-state index in [0.29, 0.717) is 0 Å². The average molecular weight is 69.1 g/mol. The van der Waals surface area contributed by atoms with E-state index in [1.807, 2.05) is 12.2 Å². The van der Waals surface area contributed by atoms with Crippen LogP contribution in [0.1, 0.15) is 0 Å². The largest absolute Gasteiger partial charge is 0.456 e. The highest BCUT2D eigenvalue weighted by atomic mass is 16.5. The predicted octanol–water partition coefficient (Wildman–Crippen LogP) is 0.735. The van der Waals surface area contributed by atoms with Crippen LogP contribution in [0.25, 0.3) is 0 Å². The SMILES string of the molecule is C1=CCO[CH-]1. The molecule has 5 heavy (non-hydrogen) atoms. The summed E-state index contributed by atoms with van der Waals surface area (Å²) in [5.74, 6) is 0. The fraction of sp³-hybridized carbons (Fsp3) is 0.250. The minimum Gasteiger partial charge on any atom is -0.456 e. The van der Waals surface area contributed by atoms with Crippen molar-refractivity contribution in [2.45, 2.75) is 0 Å². The molecule has 1 aliphatic heterocycles. The molecule has 1 rings (SSSR count). The lowest BCUT2D eigenvalue weighted by atomic mass is 10.6. The second kappa shape index (κ2) is 1.13. The molecule has 0 radical (unpaired) electrons. The van der Waals surface area contributed by atoms with Gasteiger partial charge >= 0.3 is 0 Å². The summed E-state index contributed by atoms with van der Waals surface area (Å²) in [6, 6.07) is 0. The van der Waals surface area contributed by atoms with Crippen molar-refractivity contribution >= 4 is 0 Å². The van der Waals surface area contributed by atoms with Crippen molar-refractivity contribution in [3.63, 3.8) is 0 Å². The van der Waals surface area contributed by atoms with Gasteiger partial charge in [0.2, 0.25) is 0 Å². The van der Waals surface area contributed by atoms with Gasteiger partial charge in [0.05, 0.1) is 0 Å². The van der Waals surface area contributed by atoms with Crippen molar-refractivity contribution in [2.75, 3.05) is 6.61 Å². The van der Waals surface area contributed by atoms with Gasteiger partial charge in [0.15, 0.2) is 0 Å². The molecule has 0 fully saturated rings. The molecule has 1 heteroatoms. The van der Waals surface area contributed by atoms with Crippen LogP contribution in [0.15, 0.2) is 12.2 Å². The first-order valence-corrected chi connectivity index (χ1v) is 1.60. The minimum atomic E-state index is 0.764. The summed E-state index contributed by atoms with van der Waals surface area (Å²) < 4.78 is 4.71. The van der Waals surface area contributed by atoms with E-state index in [1.165, 1.54) is 0 Å². The number of rotatable bonds is 0.